The van der Waals surface area contributed by atoms with Gasteiger partial charge in [-0.25, -0.2) is 4.98 Å². The Bertz CT molecular complexity index is 1340. The molecule has 0 bridgehead atoms. The van der Waals surface area contributed by atoms with Gasteiger partial charge >= 0.3 is 0 Å². The van der Waals surface area contributed by atoms with Gasteiger partial charge in [0.15, 0.2) is 10.7 Å². The van der Waals surface area contributed by atoms with Crippen LogP contribution < -0.4 is 20.1 Å². The number of carbonyl (C=O) groups is 1. The highest BCUT2D eigenvalue weighted by molar-refractivity contribution is 9.10. The fraction of sp³-hybridized carbons (Fsp3) is 0.125. The number of benzene rings is 3. The van der Waals surface area contributed by atoms with Crippen molar-refractivity contribution in [1.82, 2.24) is 10.3 Å². The lowest BCUT2D eigenvalue weighted by molar-refractivity contribution is 0.0977. The number of anilines is 1. The van der Waals surface area contributed by atoms with E-state index in [1.165, 1.54) is 0 Å². The number of halogens is 1. The van der Waals surface area contributed by atoms with E-state index in [2.05, 4.69) is 31.5 Å². The van der Waals surface area contributed by atoms with Gasteiger partial charge in [0, 0.05) is 16.8 Å². The zero-order valence-corrected chi connectivity index (χ0v) is 20.2. The van der Waals surface area contributed by atoms with Crippen molar-refractivity contribution in [2.24, 2.45) is 0 Å². The van der Waals surface area contributed by atoms with Crippen LogP contribution in [0, 0.1) is 0 Å². The predicted molar refractivity (Wildman–Crippen MR) is 135 cm³/mol. The Hall–Kier alpha value is -3.43. The second kappa shape index (κ2) is 10.0. The number of rotatable bonds is 6. The number of oxazole rings is 1. The molecule has 1 aromatic heterocycles. The number of nitrogens with zero attached hydrogens (tertiary/aromatic N) is 1. The standard InChI is InChI=1S/C24H20BrN3O4S/c1-3-31-20-9-7-14(12-18(20)25)22(29)28-24(33)26-16-8-10-21-19(13-16)27-23(32-21)15-5-4-6-17(11-15)30-2/h4-13H,3H2,1-2H3,(H2,26,28,29,33). The maximum absolute atomic E-state index is 12.6. The Morgan fingerprint density at radius 2 is 2.00 bits per heavy atom. The van der Waals surface area contributed by atoms with Crippen molar-refractivity contribution >= 4 is 56.0 Å². The molecule has 0 saturated carbocycles. The van der Waals surface area contributed by atoms with Crippen LogP contribution in [-0.2, 0) is 0 Å². The summed E-state index contributed by atoms with van der Waals surface area (Å²) in [7, 11) is 1.61. The van der Waals surface area contributed by atoms with E-state index in [-0.39, 0.29) is 11.0 Å². The Morgan fingerprint density at radius 1 is 1.15 bits per heavy atom. The smallest absolute Gasteiger partial charge is 0.257 e. The lowest BCUT2D eigenvalue weighted by atomic mass is 10.2. The molecule has 1 heterocycles. The molecule has 0 saturated heterocycles. The molecule has 0 aliphatic heterocycles. The summed E-state index contributed by atoms with van der Waals surface area (Å²) in [5.41, 5.74) is 3.22. The van der Waals surface area contributed by atoms with Crippen molar-refractivity contribution in [3.8, 4) is 23.0 Å². The van der Waals surface area contributed by atoms with Gasteiger partial charge in [-0.2, -0.15) is 0 Å². The number of hydrogen-bond acceptors (Lipinski definition) is 6. The quantitative estimate of drug-likeness (QED) is 0.308. The van der Waals surface area contributed by atoms with Crippen molar-refractivity contribution in [2.45, 2.75) is 6.92 Å². The third kappa shape index (κ3) is 5.32. The molecule has 168 valence electrons. The minimum Gasteiger partial charge on any atom is -0.497 e. The number of fused-ring (bicyclic) bond motifs is 1. The van der Waals surface area contributed by atoms with Gasteiger partial charge < -0.3 is 19.2 Å². The first-order valence-electron chi connectivity index (χ1n) is 10.1. The number of amides is 1. The maximum Gasteiger partial charge on any atom is 0.257 e. The molecule has 3 aromatic carbocycles. The number of nitrogens with one attached hydrogen (secondary N) is 2. The summed E-state index contributed by atoms with van der Waals surface area (Å²) >= 11 is 8.72. The van der Waals surface area contributed by atoms with Crippen LogP contribution in [0.3, 0.4) is 0 Å². The summed E-state index contributed by atoms with van der Waals surface area (Å²) in [5.74, 6) is 1.54. The van der Waals surface area contributed by atoms with E-state index in [4.69, 9.17) is 26.1 Å². The summed E-state index contributed by atoms with van der Waals surface area (Å²) < 4.78 is 17.3. The largest absolute Gasteiger partial charge is 0.497 e. The average molecular weight is 526 g/mol. The molecule has 9 heteroatoms. The minimum absolute atomic E-state index is 0.167. The van der Waals surface area contributed by atoms with Gasteiger partial charge in [-0.05, 0) is 89.7 Å². The third-order valence-electron chi connectivity index (χ3n) is 4.68. The van der Waals surface area contributed by atoms with Crippen LogP contribution in [0.1, 0.15) is 17.3 Å². The summed E-state index contributed by atoms with van der Waals surface area (Å²) in [5, 5.41) is 5.85. The third-order valence-corrected chi connectivity index (χ3v) is 5.51. The predicted octanol–water partition coefficient (Wildman–Crippen LogP) is 5.79. The van der Waals surface area contributed by atoms with E-state index in [1.807, 2.05) is 31.2 Å². The molecule has 4 rings (SSSR count). The summed E-state index contributed by atoms with van der Waals surface area (Å²) in [6, 6.07) is 18.0. The molecule has 2 N–H and O–H groups in total. The Labute approximate surface area is 204 Å². The molecule has 0 atom stereocenters. The van der Waals surface area contributed by atoms with Crippen LogP contribution in [0.15, 0.2) is 69.6 Å². The van der Waals surface area contributed by atoms with Gasteiger partial charge in [0.1, 0.15) is 17.0 Å². The van der Waals surface area contributed by atoms with Gasteiger partial charge in [0.2, 0.25) is 5.89 Å². The molecule has 0 unspecified atom stereocenters. The number of ether oxygens (including phenoxy) is 2. The van der Waals surface area contributed by atoms with Gasteiger partial charge in [-0.3, -0.25) is 10.1 Å². The molecule has 0 radical (unpaired) electrons. The van der Waals surface area contributed by atoms with E-state index in [1.54, 1.807) is 43.5 Å². The van der Waals surface area contributed by atoms with Gasteiger partial charge in [-0.15, -0.1) is 0 Å². The molecule has 0 aliphatic rings. The fourth-order valence-corrected chi connectivity index (χ4v) is 3.84. The van der Waals surface area contributed by atoms with Gasteiger partial charge in [0.05, 0.1) is 18.2 Å². The van der Waals surface area contributed by atoms with Gasteiger partial charge in [0.25, 0.3) is 5.91 Å². The van der Waals surface area contributed by atoms with Crippen molar-refractivity contribution in [3.63, 3.8) is 0 Å². The zero-order chi connectivity index (χ0) is 23.4. The summed E-state index contributed by atoms with van der Waals surface area (Å²) in [6.07, 6.45) is 0. The monoisotopic (exact) mass is 525 g/mol. The van der Waals surface area contributed by atoms with Crippen LogP contribution in [0.4, 0.5) is 5.69 Å². The lowest BCUT2D eigenvalue weighted by Crippen LogP contribution is -2.34. The van der Waals surface area contributed by atoms with Crippen molar-refractivity contribution in [1.29, 1.82) is 0 Å². The van der Waals surface area contributed by atoms with E-state index >= 15 is 0 Å². The first-order chi connectivity index (χ1) is 16.0. The normalized spacial score (nSPS) is 10.6. The van der Waals surface area contributed by atoms with E-state index in [0.29, 0.717) is 45.1 Å². The molecular weight excluding hydrogens is 506 g/mol. The lowest BCUT2D eigenvalue weighted by Gasteiger charge is -2.11. The second-order valence-corrected chi connectivity index (χ2v) is 8.18. The first-order valence-corrected chi connectivity index (χ1v) is 11.3. The number of carbonyl (C=O) groups excluding carboxylic acids is 1. The maximum atomic E-state index is 12.6. The van der Waals surface area contributed by atoms with Crippen LogP contribution in [0.2, 0.25) is 0 Å². The molecule has 0 spiro atoms. The zero-order valence-electron chi connectivity index (χ0n) is 17.8. The minimum atomic E-state index is -0.334. The number of hydrogen-bond donors (Lipinski definition) is 2. The van der Waals surface area contributed by atoms with Crippen LogP contribution in [0.25, 0.3) is 22.6 Å². The van der Waals surface area contributed by atoms with Crippen molar-refractivity contribution < 1.29 is 18.7 Å². The van der Waals surface area contributed by atoms with Crippen molar-refractivity contribution in [2.75, 3.05) is 19.0 Å². The fourth-order valence-electron chi connectivity index (χ4n) is 3.14. The molecule has 4 aromatic rings. The molecule has 33 heavy (non-hydrogen) atoms. The van der Waals surface area contributed by atoms with E-state index in [0.717, 1.165) is 11.3 Å². The summed E-state index contributed by atoms with van der Waals surface area (Å²) in [6.45, 7) is 2.43. The topological polar surface area (TPSA) is 85.6 Å². The highest BCUT2D eigenvalue weighted by atomic mass is 79.9. The number of methoxy groups -OCH3 is 1. The highest BCUT2D eigenvalue weighted by Crippen LogP contribution is 2.28. The second-order valence-electron chi connectivity index (χ2n) is 6.92. The van der Waals surface area contributed by atoms with Crippen LogP contribution in [0.5, 0.6) is 11.5 Å². The Morgan fingerprint density at radius 3 is 2.76 bits per heavy atom. The van der Waals surface area contributed by atoms with Crippen molar-refractivity contribution in [3.05, 3.63) is 70.7 Å². The SMILES string of the molecule is CCOc1ccc(C(=O)NC(=S)Nc2ccc3oc(-c4cccc(OC)c4)nc3c2)cc1Br. The molecule has 7 nitrogen and oxygen atoms in total. The van der Waals surface area contributed by atoms with Crippen LogP contribution >= 0.6 is 28.1 Å². The molecule has 0 aliphatic carbocycles. The number of aromatic nitrogens is 1. The van der Waals surface area contributed by atoms with Gasteiger partial charge in [-0.1, -0.05) is 6.07 Å². The highest BCUT2D eigenvalue weighted by Gasteiger charge is 2.13. The molecular formula is C24H20BrN3O4S. The molecule has 0 fully saturated rings. The summed E-state index contributed by atoms with van der Waals surface area (Å²) in [4.78, 5) is 17.1. The Kier molecular flexibility index (Phi) is 6.90. The first kappa shape index (κ1) is 22.8. The van der Waals surface area contributed by atoms with E-state index < -0.39 is 0 Å². The number of thiocarbonyl (C=S) groups is 1. The molecule has 1 amide bonds. The Balaban J connectivity index is 1.45. The average Bonchev–Trinajstić information content (AvgIpc) is 3.24. The van der Waals surface area contributed by atoms with E-state index in [9.17, 15) is 4.79 Å². The van der Waals surface area contributed by atoms with Crippen LogP contribution in [-0.4, -0.2) is 29.7 Å².